The van der Waals surface area contributed by atoms with Crippen LogP contribution in [0.5, 0.6) is 0 Å². The molecule has 1 atom stereocenters. The Hall–Kier alpha value is -2.99. The molecule has 6 nitrogen and oxygen atoms in total. The lowest BCUT2D eigenvalue weighted by atomic mass is 10.0. The molecule has 1 aliphatic heterocycles. The number of aromatic nitrogens is 3. The van der Waals surface area contributed by atoms with Gasteiger partial charge < -0.3 is 9.80 Å². The minimum absolute atomic E-state index is 0.0668. The second-order valence-electron chi connectivity index (χ2n) is 6.57. The lowest BCUT2D eigenvalue weighted by molar-refractivity contribution is 0.0498. The number of likely N-dealkylation sites (N-methyl/N-ethyl adjacent to an activating group) is 1. The Morgan fingerprint density at radius 2 is 1.81 bits per heavy atom. The number of piperazine rings is 1. The van der Waals surface area contributed by atoms with Gasteiger partial charge in [-0.05, 0) is 36.9 Å². The third-order valence-corrected chi connectivity index (χ3v) is 4.83. The molecule has 2 heterocycles. The fraction of sp³-hybridized carbons (Fsp3) is 0.250. The van der Waals surface area contributed by atoms with Gasteiger partial charge in [0, 0.05) is 25.2 Å². The van der Waals surface area contributed by atoms with E-state index in [1.54, 1.807) is 11.0 Å². The van der Waals surface area contributed by atoms with Crippen molar-refractivity contribution in [2.75, 3.05) is 26.7 Å². The average Bonchev–Trinajstić information content (AvgIpc) is 3.23. The summed E-state index contributed by atoms with van der Waals surface area (Å²) in [5.74, 6) is 0.0668. The quantitative estimate of drug-likeness (QED) is 0.730. The summed E-state index contributed by atoms with van der Waals surface area (Å²) < 4.78 is 1.68. The fourth-order valence-corrected chi connectivity index (χ4v) is 3.39. The molecule has 0 N–H and O–H groups in total. The Labute approximate surface area is 152 Å². The standard InChI is InChI=1S/C20H21N5O/c1-23-11-12-24(19(13-23)16-5-3-2-4-6-16)20(26)17-7-9-18(10-8-17)25-15-21-14-22-25/h2-10,14-15,19H,11-13H2,1H3/t19-/m0/s1. The van der Waals surface area contributed by atoms with Crippen molar-refractivity contribution >= 4 is 5.91 Å². The van der Waals surface area contributed by atoms with Crippen molar-refractivity contribution in [3.05, 3.63) is 78.4 Å². The first-order chi connectivity index (χ1) is 12.7. The van der Waals surface area contributed by atoms with E-state index < -0.39 is 0 Å². The number of nitrogens with zero attached hydrogens (tertiary/aromatic N) is 5. The second kappa shape index (κ2) is 7.09. The monoisotopic (exact) mass is 347 g/mol. The van der Waals surface area contributed by atoms with Gasteiger partial charge in [0.05, 0.1) is 11.7 Å². The zero-order chi connectivity index (χ0) is 17.9. The molecular formula is C20H21N5O. The van der Waals surface area contributed by atoms with Gasteiger partial charge in [0.15, 0.2) is 0 Å². The Morgan fingerprint density at radius 3 is 2.50 bits per heavy atom. The van der Waals surface area contributed by atoms with Gasteiger partial charge in [-0.1, -0.05) is 30.3 Å². The highest BCUT2D eigenvalue weighted by Crippen LogP contribution is 2.26. The van der Waals surface area contributed by atoms with Crippen LogP contribution in [0.15, 0.2) is 67.3 Å². The highest BCUT2D eigenvalue weighted by atomic mass is 16.2. The van der Waals surface area contributed by atoms with Gasteiger partial charge in [0.25, 0.3) is 5.91 Å². The van der Waals surface area contributed by atoms with E-state index in [9.17, 15) is 4.79 Å². The predicted molar refractivity (Wildman–Crippen MR) is 99.1 cm³/mol. The number of carbonyl (C=O) groups is 1. The number of benzene rings is 2. The third-order valence-electron chi connectivity index (χ3n) is 4.83. The molecule has 0 saturated carbocycles. The summed E-state index contributed by atoms with van der Waals surface area (Å²) in [5, 5.41) is 4.12. The van der Waals surface area contributed by atoms with Crippen LogP contribution in [0, 0.1) is 0 Å². The Kier molecular flexibility index (Phi) is 4.50. The highest BCUT2D eigenvalue weighted by Gasteiger charge is 2.30. The van der Waals surface area contributed by atoms with E-state index in [0.717, 1.165) is 25.3 Å². The van der Waals surface area contributed by atoms with Crippen LogP contribution in [0.3, 0.4) is 0 Å². The van der Waals surface area contributed by atoms with E-state index in [1.165, 1.54) is 11.9 Å². The topological polar surface area (TPSA) is 54.3 Å². The molecule has 132 valence electrons. The molecule has 0 bridgehead atoms. The largest absolute Gasteiger partial charge is 0.329 e. The van der Waals surface area contributed by atoms with Gasteiger partial charge >= 0.3 is 0 Å². The molecule has 1 fully saturated rings. The summed E-state index contributed by atoms with van der Waals surface area (Å²) in [6, 6.07) is 17.8. The van der Waals surface area contributed by atoms with Gasteiger partial charge in [0.1, 0.15) is 12.7 Å². The summed E-state index contributed by atoms with van der Waals surface area (Å²) in [6.45, 7) is 2.44. The number of carbonyl (C=O) groups excluding carboxylic acids is 1. The smallest absolute Gasteiger partial charge is 0.254 e. The first-order valence-corrected chi connectivity index (χ1v) is 8.72. The molecule has 2 aromatic carbocycles. The zero-order valence-corrected chi connectivity index (χ0v) is 14.7. The minimum Gasteiger partial charge on any atom is -0.329 e. The van der Waals surface area contributed by atoms with Crippen LogP contribution in [0.25, 0.3) is 5.69 Å². The highest BCUT2D eigenvalue weighted by molar-refractivity contribution is 5.94. The summed E-state index contributed by atoms with van der Waals surface area (Å²) in [4.78, 5) is 21.4. The lowest BCUT2D eigenvalue weighted by Crippen LogP contribution is -2.49. The molecule has 6 heteroatoms. The lowest BCUT2D eigenvalue weighted by Gasteiger charge is -2.40. The average molecular weight is 347 g/mol. The third kappa shape index (κ3) is 3.23. The summed E-state index contributed by atoms with van der Waals surface area (Å²) in [6.07, 6.45) is 3.14. The van der Waals surface area contributed by atoms with Gasteiger partial charge in [-0.3, -0.25) is 4.79 Å². The number of hydrogen-bond donors (Lipinski definition) is 0. The first kappa shape index (κ1) is 16.5. The number of rotatable bonds is 3. The van der Waals surface area contributed by atoms with E-state index >= 15 is 0 Å². The molecule has 1 saturated heterocycles. The molecule has 4 rings (SSSR count). The van der Waals surface area contributed by atoms with Crippen LogP contribution in [-0.4, -0.2) is 57.2 Å². The van der Waals surface area contributed by atoms with Gasteiger partial charge in [-0.25, -0.2) is 9.67 Å². The second-order valence-corrected chi connectivity index (χ2v) is 6.57. The van der Waals surface area contributed by atoms with Crippen LogP contribution in [0.2, 0.25) is 0 Å². The summed E-state index contributed by atoms with van der Waals surface area (Å²) in [7, 11) is 2.10. The maximum absolute atomic E-state index is 13.2. The fourth-order valence-electron chi connectivity index (χ4n) is 3.39. The summed E-state index contributed by atoms with van der Waals surface area (Å²) in [5.41, 5.74) is 2.75. The predicted octanol–water partition coefficient (Wildman–Crippen LogP) is 2.40. The van der Waals surface area contributed by atoms with Crippen LogP contribution < -0.4 is 0 Å². The summed E-state index contributed by atoms with van der Waals surface area (Å²) >= 11 is 0. The van der Waals surface area contributed by atoms with Crippen molar-refractivity contribution in [2.24, 2.45) is 0 Å². The molecule has 1 aliphatic rings. The van der Waals surface area contributed by atoms with E-state index in [4.69, 9.17) is 0 Å². The van der Waals surface area contributed by atoms with Crippen LogP contribution in [-0.2, 0) is 0 Å². The molecule has 26 heavy (non-hydrogen) atoms. The van der Waals surface area contributed by atoms with Gasteiger partial charge in [-0.2, -0.15) is 5.10 Å². The van der Waals surface area contributed by atoms with E-state index in [2.05, 4.69) is 34.2 Å². The molecule has 1 aromatic heterocycles. The van der Waals surface area contributed by atoms with Crippen LogP contribution in [0.4, 0.5) is 0 Å². The van der Waals surface area contributed by atoms with Crippen molar-refractivity contribution in [2.45, 2.75) is 6.04 Å². The van der Waals surface area contributed by atoms with Crippen LogP contribution >= 0.6 is 0 Å². The van der Waals surface area contributed by atoms with Gasteiger partial charge in [-0.15, -0.1) is 0 Å². The van der Waals surface area contributed by atoms with Crippen LogP contribution in [0.1, 0.15) is 22.0 Å². The minimum atomic E-state index is 0.0668. The van der Waals surface area contributed by atoms with Crippen molar-refractivity contribution in [3.8, 4) is 5.69 Å². The maximum Gasteiger partial charge on any atom is 0.254 e. The molecular weight excluding hydrogens is 326 g/mol. The molecule has 3 aromatic rings. The number of hydrogen-bond acceptors (Lipinski definition) is 4. The van der Waals surface area contributed by atoms with Crippen molar-refractivity contribution in [1.82, 2.24) is 24.6 Å². The van der Waals surface area contributed by atoms with Crippen molar-refractivity contribution in [1.29, 1.82) is 0 Å². The van der Waals surface area contributed by atoms with Crippen molar-refractivity contribution in [3.63, 3.8) is 0 Å². The Morgan fingerprint density at radius 1 is 1.04 bits per heavy atom. The number of amides is 1. The Bertz CT molecular complexity index is 861. The first-order valence-electron chi connectivity index (χ1n) is 8.72. The SMILES string of the molecule is CN1CCN(C(=O)c2ccc(-n3cncn3)cc2)[C@H](c2ccccc2)C1. The molecule has 1 amide bonds. The Balaban J connectivity index is 1.59. The van der Waals surface area contributed by atoms with Crippen molar-refractivity contribution < 1.29 is 4.79 Å². The maximum atomic E-state index is 13.2. The molecule has 0 spiro atoms. The van der Waals surface area contributed by atoms with E-state index in [0.29, 0.717) is 5.56 Å². The van der Waals surface area contributed by atoms with E-state index in [-0.39, 0.29) is 11.9 Å². The molecule has 0 radical (unpaired) electrons. The van der Waals surface area contributed by atoms with E-state index in [1.807, 2.05) is 47.4 Å². The normalized spacial score (nSPS) is 18.0. The molecule has 0 unspecified atom stereocenters. The zero-order valence-electron chi connectivity index (χ0n) is 14.7. The van der Waals surface area contributed by atoms with Gasteiger partial charge in [0.2, 0.25) is 0 Å². The molecule has 0 aliphatic carbocycles.